The SMILES string of the molecule is NCc1ccc2ccn(CCCn3ccnc3)c2c1. The molecule has 2 heterocycles. The van der Waals surface area contributed by atoms with Crippen LogP contribution in [0, 0.1) is 0 Å². The van der Waals surface area contributed by atoms with Gasteiger partial charge in [0.15, 0.2) is 0 Å². The third kappa shape index (κ3) is 2.53. The van der Waals surface area contributed by atoms with Crippen molar-refractivity contribution in [2.24, 2.45) is 5.73 Å². The summed E-state index contributed by atoms with van der Waals surface area (Å²) in [5.41, 5.74) is 8.16. The second kappa shape index (κ2) is 5.28. The van der Waals surface area contributed by atoms with Gasteiger partial charge in [-0.15, -0.1) is 0 Å². The van der Waals surface area contributed by atoms with Crippen molar-refractivity contribution in [3.8, 4) is 0 Å². The van der Waals surface area contributed by atoms with Gasteiger partial charge in [-0.05, 0) is 29.5 Å². The Bertz CT molecular complexity index is 652. The van der Waals surface area contributed by atoms with Crippen molar-refractivity contribution < 1.29 is 0 Å². The van der Waals surface area contributed by atoms with Gasteiger partial charge in [0.2, 0.25) is 0 Å². The molecule has 1 aromatic carbocycles. The number of aryl methyl sites for hydroxylation is 2. The molecule has 0 saturated carbocycles. The number of fused-ring (bicyclic) bond motifs is 1. The summed E-state index contributed by atoms with van der Waals surface area (Å²) in [4.78, 5) is 4.05. The molecule has 0 bridgehead atoms. The first-order chi connectivity index (χ1) is 9.36. The summed E-state index contributed by atoms with van der Waals surface area (Å²) >= 11 is 0. The van der Waals surface area contributed by atoms with Gasteiger partial charge < -0.3 is 14.9 Å². The second-order valence-corrected chi connectivity index (χ2v) is 4.76. The molecule has 0 radical (unpaired) electrons. The van der Waals surface area contributed by atoms with E-state index in [4.69, 9.17) is 5.73 Å². The molecule has 2 N–H and O–H groups in total. The largest absolute Gasteiger partial charge is 0.347 e. The van der Waals surface area contributed by atoms with Gasteiger partial charge in [-0.1, -0.05) is 12.1 Å². The Balaban J connectivity index is 1.73. The Hall–Kier alpha value is -2.07. The maximum absolute atomic E-state index is 5.70. The van der Waals surface area contributed by atoms with Crippen molar-refractivity contribution in [1.82, 2.24) is 14.1 Å². The lowest BCUT2D eigenvalue weighted by molar-refractivity contribution is 0.573. The molecule has 0 atom stereocenters. The number of aromatic nitrogens is 3. The predicted molar refractivity (Wildman–Crippen MR) is 76.7 cm³/mol. The van der Waals surface area contributed by atoms with Gasteiger partial charge in [0.1, 0.15) is 0 Å². The van der Waals surface area contributed by atoms with Crippen molar-refractivity contribution >= 4 is 10.9 Å². The first kappa shape index (κ1) is 12.0. The molecule has 0 spiro atoms. The Morgan fingerprint density at radius 3 is 2.84 bits per heavy atom. The third-order valence-corrected chi connectivity index (χ3v) is 3.45. The van der Waals surface area contributed by atoms with Crippen molar-refractivity contribution in [1.29, 1.82) is 0 Å². The fraction of sp³-hybridized carbons (Fsp3) is 0.267. The van der Waals surface area contributed by atoms with Crippen LogP contribution < -0.4 is 5.73 Å². The number of nitrogens with two attached hydrogens (primary N) is 1. The highest BCUT2D eigenvalue weighted by molar-refractivity contribution is 5.80. The van der Waals surface area contributed by atoms with E-state index in [-0.39, 0.29) is 0 Å². The number of benzene rings is 1. The average molecular weight is 254 g/mol. The summed E-state index contributed by atoms with van der Waals surface area (Å²) in [7, 11) is 0. The zero-order valence-corrected chi connectivity index (χ0v) is 10.9. The van der Waals surface area contributed by atoms with Crippen LogP contribution in [-0.2, 0) is 19.6 Å². The number of hydrogen-bond donors (Lipinski definition) is 1. The minimum Gasteiger partial charge on any atom is -0.347 e. The van der Waals surface area contributed by atoms with E-state index in [1.807, 2.05) is 18.7 Å². The molecule has 98 valence electrons. The van der Waals surface area contributed by atoms with Gasteiger partial charge in [0.25, 0.3) is 0 Å². The molecule has 3 aromatic rings. The summed E-state index contributed by atoms with van der Waals surface area (Å²) in [6.07, 6.45) is 8.92. The minimum atomic E-state index is 0.593. The highest BCUT2D eigenvalue weighted by Gasteiger charge is 2.02. The number of rotatable bonds is 5. The van der Waals surface area contributed by atoms with Crippen LogP contribution in [0.25, 0.3) is 10.9 Å². The maximum Gasteiger partial charge on any atom is 0.0945 e. The van der Waals surface area contributed by atoms with Crippen molar-refractivity contribution in [3.63, 3.8) is 0 Å². The lowest BCUT2D eigenvalue weighted by Crippen LogP contribution is -2.02. The molecule has 0 aliphatic carbocycles. The molecule has 0 aliphatic rings. The molecule has 3 rings (SSSR count). The quantitative estimate of drug-likeness (QED) is 0.760. The normalized spacial score (nSPS) is 11.2. The standard InChI is InChI=1S/C15H18N4/c16-11-13-2-3-14-4-8-19(15(14)10-13)7-1-6-18-9-5-17-12-18/h2-5,8-10,12H,1,6-7,11,16H2. The fourth-order valence-corrected chi connectivity index (χ4v) is 2.39. The van der Waals surface area contributed by atoms with E-state index >= 15 is 0 Å². The zero-order chi connectivity index (χ0) is 13.1. The molecular weight excluding hydrogens is 236 g/mol. The topological polar surface area (TPSA) is 48.8 Å². The highest BCUT2D eigenvalue weighted by atomic mass is 15.0. The molecule has 2 aromatic heterocycles. The monoisotopic (exact) mass is 254 g/mol. The van der Waals surface area contributed by atoms with E-state index in [0.29, 0.717) is 6.54 Å². The smallest absolute Gasteiger partial charge is 0.0945 e. The Morgan fingerprint density at radius 2 is 2.05 bits per heavy atom. The number of hydrogen-bond acceptors (Lipinski definition) is 2. The molecule has 19 heavy (non-hydrogen) atoms. The highest BCUT2D eigenvalue weighted by Crippen LogP contribution is 2.18. The molecule has 0 unspecified atom stereocenters. The zero-order valence-electron chi connectivity index (χ0n) is 10.9. The molecule has 0 fully saturated rings. The van der Waals surface area contributed by atoms with E-state index < -0.39 is 0 Å². The van der Waals surface area contributed by atoms with Gasteiger partial charge in [-0.25, -0.2) is 4.98 Å². The summed E-state index contributed by atoms with van der Waals surface area (Å²) < 4.78 is 4.41. The van der Waals surface area contributed by atoms with Crippen LogP contribution in [0.15, 0.2) is 49.2 Å². The maximum atomic E-state index is 5.70. The molecule has 4 nitrogen and oxygen atoms in total. The summed E-state index contributed by atoms with van der Waals surface area (Å²) in [5, 5.41) is 1.28. The van der Waals surface area contributed by atoms with Gasteiger partial charge in [-0.3, -0.25) is 0 Å². The van der Waals surface area contributed by atoms with Crippen molar-refractivity contribution in [2.75, 3.05) is 0 Å². The Morgan fingerprint density at radius 1 is 1.11 bits per heavy atom. The summed E-state index contributed by atoms with van der Waals surface area (Å²) in [6.45, 7) is 2.60. The minimum absolute atomic E-state index is 0.593. The van der Waals surface area contributed by atoms with Crippen LogP contribution in [0.2, 0.25) is 0 Å². The fourth-order valence-electron chi connectivity index (χ4n) is 2.39. The number of imidazole rings is 1. The molecule has 0 saturated heterocycles. The van der Waals surface area contributed by atoms with Gasteiger partial charge in [-0.2, -0.15) is 0 Å². The molecular formula is C15H18N4. The van der Waals surface area contributed by atoms with E-state index in [1.54, 1.807) is 0 Å². The molecule has 0 amide bonds. The van der Waals surface area contributed by atoms with E-state index in [9.17, 15) is 0 Å². The predicted octanol–water partition coefficient (Wildman–Crippen LogP) is 2.39. The van der Waals surface area contributed by atoms with Crippen LogP contribution in [0.5, 0.6) is 0 Å². The Kier molecular flexibility index (Phi) is 3.33. The Labute approximate surface area is 112 Å². The molecule has 4 heteroatoms. The van der Waals surface area contributed by atoms with E-state index in [1.165, 1.54) is 16.5 Å². The van der Waals surface area contributed by atoms with Crippen LogP contribution in [-0.4, -0.2) is 14.1 Å². The summed E-state index contributed by atoms with van der Waals surface area (Å²) in [6, 6.07) is 8.58. The number of nitrogens with zero attached hydrogens (tertiary/aromatic N) is 3. The van der Waals surface area contributed by atoms with Gasteiger partial charge in [0, 0.05) is 43.7 Å². The second-order valence-electron chi connectivity index (χ2n) is 4.76. The lowest BCUT2D eigenvalue weighted by Gasteiger charge is -2.07. The average Bonchev–Trinajstić information content (AvgIpc) is 3.08. The first-order valence-corrected chi connectivity index (χ1v) is 6.60. The lowest BCUT2D eigenvalue weighted by atomic mass is 10.1. The van der Waals surface area contributed by atoms with Gasteiger partial charge in [0.05, 0.1) is 6.33 Å². The van der Waals surface area contributed by atoms with E-state index in [0.717, 1.165) is 19.5 Å². The third-order valence-electron chi connectivity index (χ3n) is 3.45. The molecule has 0 aliphatic heterocycles. The van der Waals surface area contributed by atoms with Crippen LogP contribution in [0.3, 0.4) is 0 Å². The van der Waals surface area contributed by atoms with Gasteiger partial charge >= 0.3 is 0 Å². The van der Waals surface area contributed by atoms with E-state index in [2.05, 4.69) is 44.6 Å². The van der Waals surface area contributed by atoms with Crippen LogP contribution in [0.4, 0.5) is 0 Å². The van der Waals surface area contributed by atoms with Crippen molar-refractivity contribution in [3.05, 3.63) is 54.7 Å². The summed E-state index contributed by atoms with van der Waals surface area (Å²) in [5.74, 6) is 0. The van der Waals surface area contributed by atoms with Crippen LogP contribution >= 0.6 is 0 Å². The van der Waals surface area contributed by atoms with Crippen LogP contribution in [0.1, 0.15) is 12.0 Å². The first-order valence-electron chi connectivity index (χ1n) is 6.60. The van der Waals surface area contributed by atoms with Crippen molar-refractivity contribution in [2.45, 2.75) is 26.1 Å².